The predicted octanol–water partition coefficient (Wildman–Crippen LogP) is 7.14. The minimum absolute atomic E-state index is 0.441. The fraction of sp³-hybridized carbons (Fsp3) is 0.125. The molecule has 0 unspecified atom stereocenters. The summed E-state index contributed by atoms with van der Waals surface area (Å²) < 4.78 is 12.7. The van der Waals surface area contributed by atoms with E-state index in [0.29, 0.717) is 35.3 Å². The number of nitriles is 1. The lowest BCUT2D eigenvalue weighted by Crippen LogP contribution is -2.00. The zero-order valence-electron chi connectivity index (χ0n) is 15.9. The van der Waals surface area contributed by atoms with Crippen LogP contribution in [0, 0.1) is 11.3 Å². The first-order valence-electron chi connectivity index (χ1n) is 9.11. The van der Waals surface area contributed by atoms with E-state index in [9.17, 15) is 5.26 Å². The number of nitrogens with zero attached hydrogens (tertiary/aromatic N) is 1. The van der Waals surface area contributed by atoms with Crippen LogP contribution in [0.25, 0.3) is 11.6 Å². The molecule has 3 rings (SSSR count). The minimum atomic E-state index is 0.441. The molecular weight excluding hydrogens is 450 g/mol. The summed E-state index contributed by atoms with van der Waals surface area (Å²) in [6.45, 7) is 2.89. The van der Waals surface area contributed by atoms with Gasteiger partial charge in [-0.05, 0) is 66.1 Å². The zero-order valence-corrected chi connectivity index (χ0v) is 18.2. The van der Waals surface area contributed by atoms with Crippen LogP contribution < -0.4 is 9.47 Å². The third-order valence-electron chi connectivity index (χ3n) is 4.16. The highest BCUT2D eigenvalue weighted by molar-refractivity contribution is 9.10. The van der Waals surface area contributed by atoms with Crippen LogP contribution >= 0.6 is 27.5 Å². The number of hydrogen-bond donors (Lipinski definition) is 0. The van der Waals surface area contributed by atoms with Gasteiger partial charge in [0.15, 0.2) is 11.5 Å². The van der Waals surface area contributed by atoms with Gasteiger partial charge in [-0.25, -0.2) is 0 Å². The van der Waals surface area contributed by atoms with E-state index in [1.807, 2.05) is 67.6 Å². The maximum absolute atomic E-state index is 9.56. The number of ether oxygens (including phenoxy) is 2. The zero-order chi connectivity index (χ0) is 20.6. The van der Waals surface area contributed by atoms with Gasteiger partial charge >= 0.3 is 0 Å². The first kappa shape index (κ1) is 21.0. The molecule has 146 valence electrons. The number of rotatable bonds is 7. The molecule has 3 nitrogen and oxygen atoms in total. The van der Waals surface area contributed by atoms with E-state index in [0.717, 1.165) is 21.2 Å². The lowest BCUT2D eigenvalue weighted by atomic mass is 10.0. The van der Waals surface area contributed by atoms with E-state index in [1.165, 1.54) is 0 Å². The molecule has 0 saturated heterocycles. The maximum atomic E-state index is 9.56. The van der Waals surface area contributed by atoms with Crippen molar-refractivity contribution >= 4 is 39.2 Å². The lowest BCUT2D eigenvalue weighted by molar-refractivity contribution is 0.269. The van der Waals surface area contributed by atoms with Gasteiger partial charge in [-0.1, -0.05) is 57.9 Å². The van der Waals surface area contributed by atoms with Gasteiger partial charge in [0.25, 0.3) is 0 Å². The molecule has 0 spiro atoms. The van der Waals surface area contributed by atoms with Crippen molar-refractivity contribution in [2.75, 3.05) is 6.61 Å². The molecule has 0 fully saturated rings. The van der Waals surface area contributed by atoms with Crippen molar-refractivity contribution in [1.29, 1.82) is 5.26 Å². The average Bonchev–Trinajstić information content (AvgIpc) is 2.73. The summed E-state index contributed by atoms with van der Waals surface area (Å²) in [4.78, 5) is 0. The Bertz CT molecular complexity index is 1040. The second-order valence-electron chi connectivity index (χ2n) is 6.23. The molecule has 3 aromatic carbocycles. The van der Waals surface area contributed by atoms with Crippen molar-refractivity contribution < 1.29 is 9.47 Å². The Labute approximate surface area is 184 Å². The topological polar surface area (TPSA) is 42.2 Å². The van der Waals surface area contributed by atoms with Crippen LogP contribution in [0.1, 0.15) is 23.6 Å². The fourth-order valence-corrected chi connectivity index (χ4v) is 3.11. The van der Waals surface area contributed by atoms with E-state index in [4.69, 9.17) is 21.1 Å². The summed E-state index contributed by atoms with van der Waals surface area (Å²) in [6, 6.07) is 23.1. The molecule has 0 aliphatic carbocycles. The Morgan fingerprint density at radius 2 is 1.72 bits per heavy atom. The molecule has 0 aliphatic rings. The molecule has 0 saturated carbocycles. The number of hydrogen-bond acceptors (Lipinski definition) is 3. The summed E-state index contributed by atoms with van der Waals surface area (Å²) in [7, 11) is 0. The average molecular weight is 469 g/mol. The van der Waals surface area contributed by atoms with Crippen LogP contribution in [0.15, 0.2) is 71.2 Å². The summed E-state index contributed by atoms with van der Waals surface area (Å²) in [5.74, 6) is 1.31. The van der Waals surface area contributed by atoms with E-state index in [-0.39, 0.29) is 0 Å². The summed E-state index contributed by atoms with van der Waals surface area (Å²) in [5, 5.41) is 10.2. The molecule has 0 radical (unpaired) electrons. The van der Waals surface area contributed by atoms with Gasteiger partial charge in [0.05, 0.1) is 18.2 Å². The fourth-order valence-electron chi connectivity index (χ4n) is 2.72. The minimum Gasteiger partial charge on any atom is -0.490 e. The molecule has 0 aromatic heterocycles. The van der Waals surface area contributed by atoms with Crippen molar-refractivity contribution in [1.82, 2.24) is 0 Å². The summed E-state index contributed by atoms with van der Waals surface area (Å²) in [6.07, 6.45) is 1.82. The van der Waals surface area contributed by atoms with Crippen molar-refractivity contribution in [3.8, 4) is 17.6 Å². The normalized spacial score (nSPS) is 11.0. The van der Waals surface area contributed by atoms with Crippen molar-refractivity contribution in [2.24, 2.45) is 0 Å². The van der Waals surface area contributed by atoms with Crippen LogP contribution in [-0.4, -0.2) is 6.61 Å². The van der Waals surface area contributed by atoms with E-state index < -0.39 is 0 Å². The molecule has 0 atom stereocenters. The quantitative estimate of drug-likeness (QED) is 0.273. The second kappa shape index (κ2) is 10.2. The molecule has 0 heterocycles. The summed E-state index contributed by atoms with van der Waals surface area (Å²) in [5.41, 5.74) is 3.28. The van der Waals surface area contributed by atoms with Crippen LogP contribution in [0.3, 0.4) is 0 Å². The molecule has 0 aliphatic heterocycles. The van der Waals surface area contributed by atoms with E-state index in [2.05, 4.69) is 22.0 Å². The van der Waals surface area contributed by atoms with Crippen molar-refractivity contribution in [3.05, 3.63) is 92.9 Å². The van der Waals surface area contributed by atoms with Gasteiger partial charge in [-0.3, -0.25) is 0 Å². The van der Waals surface area contributed by atoms with Gasteiger partial charge in [-0.2, -0.15) is 5.26 Å². The monoisotopic (exact) mass is 467 g/mol. The van der Waals surface area contributed by atoms with Crippen LogP contribution in [0.4, 0.5) is 0 Å². The standard InChI is InChI=1S/C24H19BrClNO2/c1-2-28-24-14-18(13-20(15-27)19-6-10-22(26)11-7-19)5-12-23(24)29-16-17-3-8-21(25)9-4-17/h3-14H,2,16H2,1H3/b20-13-. The maximum Gasteiger partial charge on any atom is 0.161 e. The lowest BCUT2D eigenvalue weighted by Gasteiger charge is -2.13. The smallest absolute Gasteiger partial charge is 0.161 e. The Morgan fingerprint density at radius 3 is 2.38 bits per heavy atom. The Hall–Kier alpha value is -2.74. The highest BCUT2D eigenvalue weighted by atomic mass is 79.9. The molecule has 0 amide bonds. The van der Waals surface area contributed by atoms with Gasteiger partial charge in [-0.15, -0.1) is 0 Å². The number of benzene rings is 3. The number of halogens is 2. The third-order valence-corrected chi connectivity index (χ3v) is 4.94. The first-order valence-corrected chi connectivity index (χ1v) is 10.3. The van der Waals surface area contributed by atoms with Crippen molar-refractivity contribution in [2.45, 2.75) is 13.5 Å². The summed E-state index contributed by atoms with van der Waals surface area (Å²) >= 11 is 9.37. The largest absolute Gasteiger partial charge is 0.490 e. The van der Waals surface area contributed by atoms with Gasteiger partial charge in [0.1, 0.15) is 6.61 Å². The third kappa shape index (κ3) is 5.87. The van der Waals surface area contributed by atoms with E-state index >= 15 is 0 Å². The Balaban J connectivity index is 1.83. The predicted molar refractivity (Wildman–Crippen MR) is 121 cm³/mol. The first-order chi connectivity index (χ1) is 14.1. The molecule has 29 heavy (non-hydrogen) atoms. The van der Waals surface area contributed by atoms with E-state index in [1.54, 1.807) is 12.1 Å². The van der Waals surface area contributed by atoms with Crippen LogP contribution in [-0.2, 0) is 6.61 Å². The Morgan fingerprint density at radius 1 is 1.00 bits per heavy atom. The second-order valence-corrected chi connectivity index (χ2v) is 7.58. The molecule has 3 aromatic rings. The number of allylic oxidation sites excluding steroid dienone is 1. The highest BCUT2D eigenvalue weighted by Gasteiger charge is 2.08. The highest BCUT2D eigenvalue weighted by Crippen LogP contribution is 2.31. The molecule has 5 heteroatoms. The van der Waals surface area contributed by atoms with Crippen LogP contribution in [0.2, 0.25) is 5.02 Å². The molecule has 0 N–H and O–H groups in total. The Kier molecular flexibility index (Phi) is 7.35. The SMILES string of the molecule is CCOc1cc(/C=C(/C#N)c2ccc(Cl)cc2)ccc1OCc1ccc(Br)cc1. The molecule has 0 bridgehead atoms. The van der Waals surface area contributed by atoms with Gasteiger partial charge in [0.2, 0.25) is 0 Å². The van der Waals surface area contributed by atoms with Gasteiger partial charge < -0.3 is 9.47 Å². The van der Waals surface area contributed by atoms with Crippen molar-refractivity contribution in [3.63, 3.8) is 0 Å². The van der Waals surface area contributed by atoms with Gasteiger partial charge in [0, 0.05) is 9.50 Å². The van der Waals surface area contributed by atoms with Crippen LogP contribution in [0.5, 0.6) is 11.5 Å². The molecular formula is C24H19BrClNO2.